The van der Waals surface area contributed by atoms with Crippen molar-refractivity contribution >= 4 is 27.5 Å². The zero-order chi connectivity index (χ0) is 30.2. The monoisotopic (exact) mass is 605 g/mol. The first-order chi connectivity index (χ1) is 20.8. The maximum absolute atomic E-state index is 14.3. The number of anilines is 1. The predicted octanol–water partition coefficient (Wildman–Crippen LogP) is 4.31. The van der Waals surface area contributed by atoms with E-state index in [2.05, 4.69) is 5.32 Å². The molecule has 0 bridgehead atoms. The van der Waals surface area contributed by atoms with Gasteiger partial charge in [0.25, 0.3) is 0 Å². The van der Waals surface area contributed by atoms with E-state index in [4.69, 9.17) is 9.47 Å². The third-order valence-electron chi connectivity index (χ3n) is 7.91. The zero-order valence-corrected chi connectivity index (χ0v) is 25.3. The molecule has 0 radical (unpaired) electrons. The molecule has 0 aromatic heterocycles. The Morgan fingerprint density at radius 1 is 0.860 bits per heavy atom. The van der Waals surface area contributed by atoms with Crippen LogP contribution >= 0.6 is 0 Å². The fraction of sp³-hybridized carbons (Fsp3) is 0.394. The summed E-state index contributed by atoms with van der Waals surface area (Å²) in [5.74, 6) is 0.219. The molecule has 10 heteroatoms. The number of nitrogens with zero attached hydrogens (tertiary/aromatic N) is 2. The van der Waals surface area contributed by atoms with Gasteiger partial charge in [0, 0.05) is 25.1 Å². The fourth-order valence-electron chi connectivity index (χ4n) is 5.68. The maximum atomic E-state index is 14.3. The Hall–Kier alpha value is -4.05. The summed E-state index contributed by atoms with van der Waals surface area (Å²) >= 11 is 0. The highest BCUT2D eigenvalue weighted by Crippen LogP contribution is 2.35. The normalized spacial score (nSPS) is 15.7. The number of rotatable bonds is 11. The Morgan fingerprint density at radius 3 is 2.14 bits per heavy atom. The van der Waals surface area contributed by atoms with Crippen LogP contribution in [0.3, 0.4) is 0 Å². The Kier molecular flexibility index (Phi) is 9.86. The Balaban J connectivity index is 1.49. The quantitative estimate of drug-likeness (QED) is 0.349. The van der Waals surface area contributed by atoms with Crippen LogP contribution in [-0.2, 0) is 32.6 Å². The number of hydrogen-bond acceptors (Lipinski definition) is 6. The van der Waals surface area contributed by atoms with E-state index >= 15 is 0 Å². The smallest absolute Gasteiger partial charge is 0.244 e. The third-order valence-corrected chi connectivity index (χ3v) is 9.05. The van der Waals surface area contributed by atoms with E-state index in [0.29, 0.717) is 31.1 Å². The Bertz CT molecular complexity index is 1490. The van der Waals surface area contributed by atoms with Crippen LogP contribution in [0.4, 0.5) is 5.69 Å². The Morgan fingerprint density at radius 2 is 1.49 bits per heavy atom. The van der Waals surface area contributed by atoms with Gasteiger partial charge in [0.1, 0.15) is 25.8 Å². The largest absolute Gasteiger partial charge is 0.486 e. The molecule has 1 aliphatic heterocycles. The summed E-state index contributed by atoms with van der Waals surface area (Å²) < 4.78 is 38.5. The highest BCUT2D eigenvalue weighted by molar-refractivity contribution is 7.92. The van der Waals surface area contributed by atoms with Gasteiger partial charge in [-0.1, -0.05) is 79.9 Å². The van der Waals surface area contributed by atoms with Crippen LogP contribution in [0.1, 0.15) is 43.2 Å². The number of ether oxygens (including phenoxy) is 2. The molecule has 3 aromatic carbocycles. The van der Waals surface area contributed by atoms with Crippen molar-refractivity contribution in [2.75, 3.05) is 30.3 Å². The van der Waals surface area contributed by atoms with E-state index in [1.165, 1.54) is 4.90 Å². The maximum Gasteiger partial charge on any atom is 0.244 e. The van der Waals surface area contributed by atoms with Crippen LogP contribution in [0, 0.1) is 0 Å². The molecule has 1 unspecified atom stereocenters. The number of carbonyl (C=O) groups is 2. The molecular formula is C33H39N3O6S. The van der Waals surface area contributed by atoms with Crippen molar-refractivity contribution in [3.63, 3.8) is 0 Å². The summed E-state index contributed by atoms with van der Waals surface area (Å²) in [6.45, 7) is 0.415. The summed E-state index contributed by atoms with van der Waals surface area (Å²) in [5, 5.41) is 3.21. The topological polar surface area (TPSA) is 105 Å². The molecule has 1 atom stereocenters. The van der Waals surface area contributed by atoms with Crippen molar-refractivity contribution in [1.29, 1.82) is 0 Å². The van der Waals surface area contributed by atoms with Crippen LogP contribution in [0.2, 0.25) is 0 Å². The van der Waals surface area contributed by atoms with Crippen LogP contribution in [-0.4, -0.2) is 63.2 Å². The first-order valence-corrected chi connectivity index (χ1v) is 16.7. The lowest BCUT2D eigenvalue weighted by molar-refractivity contribution is -0.140. The number of sulfonamides is 1. The van der Waals surface area contributed by atoms with E-state index in [0.717, 1.165) is 53.8 Å². The first-order valence-electron chi connectivity index (χ1n) is 14.8. The molecule has 3 aromatic rings. The standard InChI is InChI=1S/C33H39N3O6S/c1-43(39,40)36(28-17-18-30-31(22-28)42-20-19-41-30)24-32(37)35(23-26-13-7-3-8-14-26)29(21-25-11-5-2-6-12-25)33(38)34-27-15-9-4-10-16-27/h2-3,5-8,11-14,17-18,22,27,29H,4,9-10,15-16,19-21,23-24H2,1H3,(H,34,38). The minimum atomic E-state index is -3.88. The van der Waals surface area contributed by atoms with Gasteiger partial charge < -0.3 is 19.7 Å². The van der Waals surface area contributed by atoms with Crippen LogP contribution in [0.5, 0.6) is 11.5 Å². The molecule has 0 spiro atoms. The first kappa shape index (κ1) is 30.4. The number of benzene rings is 3. The third kappa shape index (κ3) is 8.07. The van der Waals surface area contributed by atoms with Crippen molar-refractivity contribution in [3.05, 3.63) is 90.0 Å². The van der Waals surface area contributed by atoms with Crippen molar-refractivity contribution in [2.24, 2.45) is 0 Å². The number of amides is 2. The molecule has 1 heterocycles. The van der Waals surface area contributed by atoms with Crippen molar-refractivity contribution in [2.45, 2.75) is 57.2 Å². The van der Waals surface area contributed by atoms with Crippen LogP contribution < -0.4 is 19.1 Å². The molecule has 1 fully saturated rings. The molecule has 1 aliphatic carbocycles. The Labute approximate surface area is 253 Å². The SMILES string of the molecule is CS(=O)(=O)N(CC(=O)N(Cc1ccccc1)C(Cc1ccccc1)C(=O)NC1CCCCC1)c1ccc2c(c1)OCCO2. The summed E-state index contributed by atoms with van der Waals surface area (Å²) in [6.07, 6.45) is 6.43. The molecule has 228 valence electrons. The minimum absolute atomic E-state index is 0.0541. The second kappa shape index (κ2) is 13.9. The lowest BCUT2D eigenvalue weighted by Crippen LogP contribution is -2.55. The summed E-state index contributed by atoms with van der Waals surface area (Å²) in [7, 11) is -3.88. The number of carbonyl (C=O) groups excluding carboxylic acids is 2. The molecule has 0 saturated heterocycles. The van der Waals surface area contributed by atoms with E-state index in [-0.39, 0.29) is 24.2 Å². The molecule has 1 saturated carbocycles. The number of hydrogen-bond donors (Lipinski definition) is 1. The summed E-state index contributed by atoms with van der Waals surface area (Å²) in [4.78, 5) is 29.8. The molecule has 2 aliphatic rings. The highest BCUT2D eigenvalue weighted by Gasteiger charge is 2.34. The van der Waals surface area contributed by atoms with Crippen LogP contribution in [0.25, 0.3) is 0 Å². The van der Waals surface area contributed by atoms with E-state index in [1.807, 2.05) is 60.7 Å². The van der Waals surface area contributed by atoms with E-state index in [9.17, 15) is 18.0 Å². The van der Waals surface area contributed by atoms with Gasteiger partial charge in [-0.2, -0.15) is 0 Å². The lowest BCUT2D eigenvalue weighted by Gasteiger charge is -2.35. The predicted molar refractivity (Wildman–Crippen MR) is 166 cm³/mol. The van der Waals surface area contributed by atoms with Crippen LogP contribution in [0.15, 0.2) is 78.9 Å². The number of fused-ring (bicyclic) bond motifs is 1. The van der Waals surface area contributed by atoms with Gasteiger partial charge in [0.2, 0.25) is 21.8 Å². The van der Waals surface area contributed by atoms with Gasteiger partial charge in [-0.3, -0.25) is 13.9 Å². The summed E-state index contributed by atoms with van der Waals surface area (Å²) in [6, 6.07) is 23.0. The molecule has 2 amide bonds. The highest BCUT2D eigenvalue weighted by atomic mass is 32.2. The second-order valence-corrected chi connectivity index (χ2v) is 13.1. The lowest BCUT2D eigenvalue weighted by atomic mass is 9.94. The van der Waals surface area contributed by atoms with Gasteiger partial charge in [0.15, 0.2) is 11.5 Å². The second-order valence-electron chi connectivity index (χ2n) is 11.2. The van der Waals surface area contributed by atoms with Gasteiger partial charge in [0.05, 0.1) is 11.9 Å². The van der Waals surface area contributed by atoms with Gasteiger partial charge in [-0.05, 0) is 36.1 Å². The van der Waals surface area contributed by atoms with Gasteiger partial charge >= 0.3 is 0 Å². The molecule has 5 rings (SSSR count). The van der Waals surface area contributed by atoms with Crippen molar-refractivity contribution in [1.82, 2.24) is 10.2 Å². The molecule has 9 nitrogen and oxygen atoms in total. The zero-order valence-electron chi connectivity index (χ0n) is 24.5. The van der Waals surface area contributed by atoms with Crippen molar-refractivity contribution in [3.8, 4) is 11.5 Å². The molecule has 43 heavy (non-hydrogen) atoms. The molecular weight excluding hydrogens is 566 g/mol. The van der Waals surface area contributed by atoms with Crippen molar-refractivity contribution < 1.29 is 27.5 Å². The van der Waals surface area contributed by atoms with Gasteiger partial charge in [-0.15, -0.1) is 0 Å². The fourth-order valence-corrected chi connectivity index (χ4v) is 6.52. The minimum Gasteiger partial charge on any atom is -0.486 e. The van der Waals surface area contributed by atoms with E-state index in [1.54, 1.807) is 18.2 Å². The summed E-state index contributed by atoms with van der Waals surface area (Å²) in [5.41, 5.74) is 2.03. The van der Waals surface area contributed by atoms with E-state index < -0.39 is 28.5 Å². The number of nitrogens with one attached hydrogen (secondary N) is 1. The average Bonchev–Trinajstić information content (AvgIpc) is 3.02. The van der Waals surface area contributed by atoms with Gasteiger partial charge in [-0.25, -0.2) is 8.42 Å². The average molecular weight is 606 g/mol. The molecule has 1 N–H and O–H groups in total.